The third-order valence-corrected chi connectivity index (χ3v) is 5.05. The molecule has 2 aliphatic heterocycles. The Balaban J connectivity index is 0.000000318. The number of hydrogen-bond acceptors (Lipinski definition) is 4. The van der Waals surface area contributed by atoms with Crippen molar-refractivity contribution in [2.45, 2.75) is 38.7 Å². The van der Waals surface area contributed by atoms with Gasteiger partial charge in [-0.1, -0.05) is 30.3 Å². The van der Waals surface area contributed by atoms with Crippen LogP contribution in [-0.4, -0.2) is 62.1 Å². The molecule has 0 bridgehead atoms. The number of rotatable bonds is 3. The molecule has 0 atom stereocenters. The fraction of sp³-hybridized carbons (Fsp3) is 0.450. The summed E-state index contributed by atoms with van der Waals surface area (Å²) in [6.45, 7) is 5.32. The molecule has 0 radical (unpaired) electrons. The number of nitrogens with zero attached hydrogens (tertiary/aromatic N) is 4. The maximum absolute atomic E-state index is 12.6. The van der Waals surface area contributed by atoms with Crippen LogP contribution in [0.2, 0.25) is 0 Å². The Morgan fingerprint density at radius 3 is 2.27 bits per heavy atom. The van der Waals surface area contributed by atoms with Crippen LogP contribution in [0.5, 0.6) is 0 Å². The van der Waals surface area contributed by atoms with Crippen LogP contribution in [0.1, 0.15) is 34.7 Å². The Bertz CT molecular complexity index is 877. The molecule has 1 amide bonds. The Morgan fingerprint density at radius 2 is 1.67 bits per heavy atom. The zero-order valence-corrected chi connectivity index (χ0v) is 16.3. The van der Waals surface area contributed by atoms with E-state index < -0.39 is 12.1 Å². The molecule has 2 aliphatic rings. The molecule has 2 aromatic rings. The van der Waals surface area contributed by atoms with E-state index in [1.54, 1.807) is 6.20 Å². The van der Waals surface area contributed by atoms with Gasteiger partial charge in [-0.05, 0) is 18.4 Å². The van der Waals surface area contributed by atoms with Crippen molar-refractivity contribution in [3.05, 3.63) is 53.6 Å². The number of fused-ring (bicyclic) bond motifs is 1. The predicted octanol–water partition coefficient (Wildman–Crippen LogP) is 2.77. The minimum atomic E-state index is -5.08. The first-order valence-corrected chi connectivity index (χ1v) is 9.66. The van der Waals surface area contributed by atoms with E-state index in [1.165, 1.54) is 5.56 Å². The fourth-order valence-electron chi connectivity index (χ4n) is 3.54. The molecule has 10 heteroatoms. The van der Waals surface area contributed by atoms with E-state index >= 15 is 0 Å². The fourth-order valence-corrected chi connectivity index (χ4v) is 3.54. The van der Waals surface area contributed by atoms with Gasteiger partial charge in [-0.3, -0.25) is 9.69 Å². The first-order valence-electron chi connectivity index (χ1n) is 9.66. The maximum Gasteiger partial charge on any atom is 0.490 e. The molecule has 1 fully saturated rings. The third kappa shape index (κ3) is 5.38. The van der Waals surface area contributed by atoms with Crippen LogP contribution in [0.3, 0.4) is 0 Å². The van der Waals surface area contributed by atoms with Gasteiger partial charge in [0.05, 0.1) is 12.7 Å². The average Bonchev–Trinajstić information content (AvgIpc) is 3.38. The van der Waals surface area contributed by atoms with Crippen LogP contribution in [0.4, 0.5) is 13.2 Å². The molecule has 3 heterocycles. The number of alkyl halides is 3. The van der Waals surface area contributed by atoms with Crippen LogP contribution in [0.15, 0.2) is 36.5 Å². The molecule has 0 saturated carbocycles. The Labute approximate surface area is 171 Å². The molecular weight excluding hydrogens is 401 g/mol. The topological polar surface area (TPSA) is 78.7 Å². The summed E-state index contributed by atoms with van der Waals surface area (Å²) in [6, 6.07) is 10.5. The highest BCUT2D eigenvalue weighted by atomic mass is 19.4. The second-order valence-electron chi connectivity index (χ2n) is 7.21. The number of aliphatic carboxylic acids is 1. The lowest BCUT2D eigenvalue weighted by molar-refractivity contribution is -0.192. The summed E-state index contributed by atoms with van der Waals surface area (Å²) in [7, 11) is 0. The molecule has 4 rings (SSSR count). The van der Waals surface area contributed by atoms with Crippen molar-refractivity contribution in [3.8, 4) is 0 Å². The first kappa shape index (κ1) is 21.8. The number of amides is 1. The minimum absolute atomic E-state index is 0.151. The minimum Gasteiger partial charge on any atom is -0.475 e. The smallest absolute Gasteiger partial charge is 0.475 e. The predicted molar refractivity (Wildman–Crippen MR) is 102 cm³/mol. The first-order chi connectivity index (χ1) is 14.3. The van der Waals surface area contributed by atoms with Crippen molar-refractivity contribution in [1.29, 1.82) is 0 Å². The summed E-state index contributed by atoms with van der Waals surface area (Å²) in [5.41, 5.74) is 2.09. The number of halogens is 3. The number of hydrogen-bond donors (Lipinski definition) is 1. The van der Waals surface area contributed by atoms with Crippen molar-refractivity contribution < 1.29 is 27.9 Å². The SMILES string of the molecule is O=C(O)C(F)(F)F.O=C(c1cnc2n1CCN(Cc1ccccc1)C2)N1CCCC1. The second-order valence-corrected chi connectivity index (χ2v) is 7.21. The van der Waals surface area contributed by atoms with Gasteiger partial charge in [0.25, 0.3) is 5.91 Å². The highest BCUT2D eigenvalue weighted by Gasteiger charge is 2.38. The molecule has 1 aromatic carbocycles. The van der Waals surface area contributed by atoms with E-state index in [1.807, 2.05) is 11.0 Å². The second kappa shape index (κ2) is 9.29. The number of carboxylic acids is 1. The van der Waals surface area contributed by atoms with E-state index in [4.69, 9.17) is 9.90 Å². The molecule has 1 N–H and O–H groups in total. The Morgan fingerprint density at radius 1 is 1.03 bits per heavy atom. The molecule has 30 heavy (non-hydrogen) atoms. The van der Waals surface area contributed by atoms with E-state index in [-0.39, 0.29) is 5.91 Å². The highest BCUT2D eigenvalue weighted by Crippen LogP contribution is 2.19. The van der Waals surface area contributed by atoms with Crippen LogP contribution in [-0.2, 0) is 24.4 Å². The van der Waals surface area contributed by atoms with Crippen LogP contribution >= 0.6 is 0 Å². The molecule has 1 aromatic heterocycles. The zero-order valence-electron chi connectivity index (χ0n) is 16.3. The number of carbonyl (C=O) groups excluding carboxylic acids is 1. The van der Waals surface area contributed by atoms with Crippen LogP contribution in [0.25, 0.3) is 0 Å². The lowest BCUT2D eigenvalue weighted by atomic mass is 10.2. The summed E-state index contributed by atoms with van der Waals surface area (Å²) in [4.78, 5) is 30.4. The summed E-state index contributed by atoms with van der Waals surface area (Å²) in [6.07, 6.45) is -1.07. The normalized spacial score (nSPS) is 16.6. The molecule has 0 spiro atoms. The van der Waals surface area contributed by atoms with Crippen molar-refractivity contribution in [2.24, 2.45) is 0 Å². The Hall–Kier alpha value is -2.88. The molecule has 0 unspecified atom stereocenters. The largest absolute Gasteiger partial charge is 0.490 e. The molecule has 1 saturated heterocycles. The zero-order chi connectivity index (χ0) is 21.7. The lowest BCUT2D eigenvalue weighted by Gasteiger charge is -2.28. The molecule has 0 aliphatic carbocycles. The number of aromatic nitrogens is 2. The summed E-state index contributed by atoms with van der Waals surface area (Å²) in [5, 5.41) is 7.12. The Kier molecular flexibility index (Phi) is 6.76. The van der Waals surface area contributed by atoms with Gasteiger partial charge in [-0.2, -0.15) is 13.2 Å². The number of likely N-dealkylation sites (tertiary alicyclic amines) is 1. The highest BCUT2D eigenvalue weighted by molar-refractivity contribution is 5.92. The number of carboxylic acid groups (broad SMARTS) is 1. The number of carbonyl (C=O) groups is 2. The van der Waals surface area contributed by atoms with Gasteiger partial charge in [-0.25, -0.2) is 9.78 Å². The summed E-state index contributed by atoms with van der Waals surface area (Å²) >= 11 is 0. The molecular formula is C20H23F3N4O3. The average molecular weight is 424 g/mol. The van der Waals surface area contributed by atoms with E-state index in [0.717, 1.165) is 63.6 Å². The van der Waals surface area contributed by atoms with Gasteiger partial charge < -0.3 is 14.6 Å². The van der Waals surface area contributed by atoms with Crippen molar-refractivity contribution >= 4 is 11.9 Å². The maximum atomic E-state index is 12.6. The van der Waals surface area contributed by atoms with E-state index in [2.05, 4.69) is 38.7 Å². The van der Waals surface area contributed by atoms with Crippen LogP contribution < -0.4 is 0 Å². The van der Waals surface area contributed by atoms with Crippen molar-refractivity contribution in [3.63, 3.8) is 0 Å². The van der Waals surface area contributed by atoms with Gasteiger partial charge >= 0.3 is 12.1 Å². The third-order valence-electron chi connectivity index (χ3n) is 5.05. The quantitative estimate of drug-likeness (QED) is 0.820. The number of imidazole rings is 1. The summed E-state index contributed by atoms with van der Waals surface area (Å²) in [5.74, 6) is -1.60. The van der Waals surface area contributed by atoms with Gasteiger partial charge in [0.1, 0.15) is 11.5 Å². The van der Waals surface area contributed by atoms with E-state index in [9.17, 15) is 18.0 Å². The monoisotopic (exact) mass is 424 g/mol. The van der Waals surface area contributed by atoms with Crippen molar-refractivity contribution in [1.82, 2.24) is 19.4 Å². The van der Waals surface area contributed by atoms with E-state index in [0.29, 0.717) is 0 Å². The molecule has 162 valence electrons. The van der Waals surface area contributed by atoms with Gasteiger partial charge in [0.2, 0.25) is 0 Å². The van der Waals surface area contributed by atoms with Gasteiger partial charge in [0.15, 0.2) is 0 Å². The standard InChI is InChI=1S/C18H22N4O.C2HF3O2/c23-18(21-8-4-5-9-21)16-12-19-17-14-20(10-11-22(16)17)13-15-6-2-1-3-7-15;3-2(4,5)1(6)7/h1-3,6-7,12H,4-5,8-11,13-14H2;(H,6,7). The van der Waals surface area contributed by atoms with Crippen molar-refractivity contribution in [2.75, 3.05) is 19.6 Å². The number of benzene rings is 1. The summed E-state index contributed by atoms with van der Waals surface area (Å²) < 4.78 is 33.8. The van der Waals surface area contributed by atoms with Gasteiger partial charge in [0, 0.05) is 32.7 Å². The molecule has 7 nitrogen and oxygen atoms in total. The lowest BCUT2D eigenvalue weighted by Crippen LogP contribution is -2.36. The van der Waals surface area contributed by atoms with Gasteiger partial charge in [-0.15, -0.1) is 0 Å². The van der Waals surface area contributed by atoms with Crippen LogP contribution in [0, 0.1) is 0 Å².